The van der Waals surface area contributed by atoms with E-state index in [1.54, 1.807) is 0 Å². The quantitative estimate of drug-likeness (QED) is 0.842. The number of anilines is 2. The lowest BCUT2D eigenvalue weighted by atomic mass is 9.99. The van der Waals surface area contributed by atoms with Gasteiger partial charge >= 0.3 is 0 Å². The van der Waals surface area contributed by atoms with Gasteiger partial charge in [-0.15, -0.1) is 0 Å². The topological polar surface area (TPSA) is 45.2 Å². The second-order valence-electron chi connectivity index (χ2n) is 7.35. The van der Waals surface area contributed by atoms with Crippen molar-refractivity contribution in [3.8, 4) is 0 Å². The molecule has 2 heterocycles. The molecule has 3 rings (SSSR count). The molecule has 1 saturated heterocycles. The fraction of sp³-hybridized carbons (Fsp3) is 0.524. The van der Waals surface area contributed by atoms with Crippen LogP contribution in [0.15, 0.2) is 24.3 Å². The predicted octanol–water partition coefficient (Wildman–Crippen LogP) is 4.91. The molecule has 2 aromatic rings. The first kappa shape index (κ1) is 17.7. The number of nitrogens with one attached hydrogen (secondary N) is 1. The highest BCUT2D eigenvalue weighted by atomic mass is 16.1. The number of amides is 1. The fourth-order valence-corrected chi connectivity index (χ4v) is 3.41. The number of hydrogen-bond acceptors (Lipinski definition) is 3. The summed E-state index contributed by atoms with van der Waals surface area (Å²) in [6.45, 7) is 8.73. The lowest BCUT2D eigenvalue weighted by Gasteiger charge is -2.31. The largest absolute Gasteiger partial charge is 0.357 e. The number of aryl methyl sites for hydroxylation is 1. The van der Waals surface area contributed by atoms with E-state index in [9.17, 15) is 4.79 Å². The minimum atomic E-state index is 0.0888. The van der Waals surface area contributed by atoms with Crippen molar-refractivity contribution < 1.29 is 4.79 Å². The molecule has 4 heteroatoms. The summed E-state index contributed by atoms with van der Waals surface area (Å²) in [7, 11) is 0. The summed E-state index contributed by atoms with van der Waals surface area (Å²) >= 11 is 0. The van der Waals surface area contributed by atoms with Crippen LogP contribution in [0.2, 0.25) is 0 Å². The summed E-state index contributed by atoms with van der Waals surface area (Å²) in [4.78, 5) is 19.2. The fourth-order valence-electron chi connectivity index (χ4n) is 3.41. The molecule has 1 N–H and O–H groups in total. The van der Waals surface area contributed by atoms with Gasteiger partial charge in [0.2, 0.25) is 5.91 Å². The van der Waals surface area contributed by atoms with Gasteiger partial charge in [-0.1, -0.05) is 20.3 Å². The molecule has 0 saturated carbocycles. The Hall–Kier alpha value is -2.10. The summed E-state index contributed by atoms with van der Waals surface area (Å²) in [5, 5.41) is 4.12. The van der Waals surface area contributed by atoms with Crippen LogP contribution in [0.3, 0.4) is 0 Å². The second kappa shape index (κ2) is 7.85. The lowest BCUT2D eigenvalue weighted by molar-refractivity contribution is -0.116. The van der Waals surface area contributed by atoms with E-state index in [4.69, 9.17) is 4.98 Å². The number of nitrogens with zero attached hydrogens (tertiary/aromatic N) is 2. The van der Waals surface area contributed by atoms with Gasteiger partial charge in [-0.3, -0.25) is 4.79 Å². The molecule has 1 aromatic carbocycles. The maximum Gasteiger partial charge on any atom is 0.224 e. The standard InChI is InChI=1S/C21H29N3O/c1-4-5-6-21(25)22-17-7-8-19-18(14-17)16(3)13-20(23-19)24-11-9-15(2)10-12-24/h7-8,13-15H,4-6,9-12H2,1-3H3,(H,22,25). The number of piperidine rings is 1. The van der Waals surface area contributed by atoms with Gasteiger partial charge in [0.25, 0.3) is 0 Å². The van der Waals surface area contributed by atoms with Crippen molar-refractivity contribution in [1.29, 1.82) is 0 Å². The molecule has 1 amide bonds. The molecule has 4 nitrogen and oxygen atoms in total. The Morgan fingerprint density at radius 3 is 2.76 bits per heavy atom. The van der Waals surface area contributed by atoms with Crippen LogP contribution >= 0.6 is 0 Å². The van der Waals surface area contributed by atoms with Crippen molar-refractivity contribution in [2.45, 2.75) is 52.9 Å². The molecule has 1 aliphatic rings. The molecule has 0 spiro atoms. The number of carbonyl (C=O) groups is 1. The van der Waals surface area contributed by atoms with E-state index in [1.807, 2.05) is 18.2 Å². The van der Waals surface area contributed by atoms with Crippen molar-refractivity contribution >= 4 is 28.3 Å². The minimum absolute atomic E-state index is 0.0888. The summed E-state index contributed by atoms with van der Waals surface area (Å²) in [5.41, 5.74) is 3.07. The minimum Gasteiger partial charge on any atom is -0.357 e. The molecule has 134 valence electrons. The number of aromatic nitrogens is 1. The van der Waals surface area contributed by atoms with Crippen LogP contribution in [0.1, 0.15) is 51.5 Å². The Labute approximate surface area is 150 Å². The summed E-state index contributed by atoms with van der Waals surface area (Å²) in [5.74, 6) is 1.99. The Morgan fingerprint density at radius 2 is 2.04 bits per heavy atom. The molecule has 0 unspecified atom stereocenters. The van der Waals surface area contributed by atoms with Gasteiger partial charge in [0.15, 0.2) is 0 Å². The van der Waals surface area contributed by atoms with Gasteiger partial charge in [0.05, 0.1) is 5.52 Å². The zero-order chi connectivity index (χ0) is 17.8. The van der Waals surface area contributed by atoms with Crippen LogP contribution in [-0.4, -0.2) is 24.0 Å². The SMILES string of the molecule is CCCCC(=O)Nc1ccc2nc(N3CCC(C)CC3)cc(C)c2c1. The molecular formula is C21H29N3O. The van der Waals surface area contributed by atoms with E-state index in [2.05, 4.69) is 37.1 Å². The van der Waals surface area contributed by atoms with Gasteiger partial charge in [0, 0.05) is 30.6 Å². The number of benzene rings is 1. The molecule has 1 aromatic heterocycles. The zero-order valence-corrected chi connectivity index (χ0v) is 15.6. The van der Waals surface area contributed by atoms with Gasteiger partial charge in [0.1, 0.15) is 5.82 Å². The number of fused-ring (bicyclic) bond motifs is 1. The maximum atomic E-state index is 11.9. The van der Waals surface area contributed by atoms with Crippen LogP contribution < -0.4 is 10.2 Å². The molecule has 0 bridgehead atoms. The van der Waals surface area contributed by atoms with Gasteiger partial charge in [-0.25, -0.2) is 4.98 Å². The third kappa shape index (κ3) is 4.30. The predicted molar refractivity (Wildman–Crippen MR) is 105 cm³/mol. The first-order valence-corrected chi connectivity index (χ1v) is 9.53. The number of hydrogen-bond donors (Lipinski definition) is 1. The molecular weight excluding hydrogens is 310 g/mol. The first-order valence-electron chi connectivity index (χ1n) is 9.53. The van der Waals surface area contributed by atoms with Crippen molar-refractivity contribution in [1.82, 2.24) is 4.98 Å². The maximum absolute atomic E-state index is 11.9. The Bertz CT molecular complexity index is 748. The van der Waals surface area contributed by atoms with Crippen LogP contribution in [0, 0.1) is 12.8 Å². The third-order valence-corrected chi connectivity index (χ3v) is 5.15. The Balaban J connectivity index is 1.80. The molecule has 1 aliphatic heterocycles. The van der Waals surface area contributed by atoms with Crippen LogP contribution in [0.25, 0.3) is 10.9 Å². The number of rotatable bonds is 5. The highest BCUT2D eigenvalue weighted by Crippen LogP contribution is 2.28. The van der Waals surface area contributed by atoms with E-state index in [0.717, 1.165) is 54.3 Å². The smallest absolute Gasteiger partial charge is 0.224 e. The van der Waals surface area contributed by atoms with Crippen molar-refractivity contribution in [2.75, 3.05) is 23.3 Å². The van der Waals surface area contributed by atoms with E-state index in [-0.39, 0.29) is 5.91 Å². The highest BCUT2D eigenvalue weighted by Gasteiger charge is 2.18. The molecule has 0 atom stereocenters. The Morgan fingerprint density at radius 1 is 1.28 bits per heavy atom. The van der Waals surface area contributed by atoms with Crippen LogP contribution in [-0.2, 0) is 4.79 Å². The normalized spacial score (nSPS) is 15.6. The summed E-state index contributed by atoms with van der Waals surface area (Å²) < 4.78 is 0. The van der Waals surface area contributed by atoms with Crippen LogP contribution in [0.4, 0.5) is 11.5 Å². The summed E-state index contributed by atoms with van der Waals surface area (Å²) in [6, 6.07) is 8.21. The van der Waals surface area contributed by atoms with Gasteiger partial charge < -0.3 is 10.2 Å². The average molecular weight is 339 g/mol. The van der Waals surface area contributed by atoms with Crippen LogP contribution in [0.5, 0.6) is 0 Å². The number of carbonyl (C=O) groups excluding carboxylic acids is 1. The van der Waals surface area contributed by atoms with E-state index < -0.39 is 0 Å². The first-order chi connectivity index (χ1) is 12.1. The van der Waals surface area contributed by atoms with Crippen molar-refractivity contribution in [3.05, 3.63) is 29.8 Å². The summed E-state index contributed by atoms with van der Waals surface area (Å²) in [6.07, 6.45) is 5.02. The molecule has 0 aliphatic carbocycles. The number of pyridine rings is 1. The van der Waals surface area contributed by atoms with E-state index in [0.29, 0.717) is 6.42 Å². The van der Waals surface area contributed by atoms with Gasteiger partial charge in [-0.05, 0) is 61.9 Å². The second-order valence-corrected chi connectivity index (χ2v) is 7.35. The lowest BCUT2D eigenvalue weighted by Crippen LogP contribution is -2.33. The third-order valence-electron chi connectivity index (χ3n) is 5.15. The Kier molecular flexibility index (Phi) is 5.57. The van der Waals surface area contributed by atoms with Crippen molar-refractivity contribution in [2.24, 2.45) is 5.92 Å². The molecule has 1 fully saturated rings. The monoisotopic (exact) mass is 339 g/mol. The highest BCUT2D eigenvalue weighted by molar-refractivity contribution is 5.94. The van der Waals surface area contributed by atoms with Gasteiger partial charge in [-0.2, -0.15) is 0 Å². The van der Waals surface area contributed by atoms with E-state index >= 15 is 0 Å². The molecule has 0 radical (unpaired) electrons. The zero-order valence-electron chi connectivity index (χ0n) is 15.6. The number of unbranched alkanes of at least 4 members (excludes halogenated alkanes) is 1. The van der Waals surface area contributed by atoms with Crippen molar-refractivity contribution in [3.63, 3.8) is 0 Å². The van der Waals surface area contributed by atoms with E-state index in [1.165, 1.54) is 18.4 Å². The average Bonchev–Trinajstić information content (AvgIpc) is 2.61. The molecule has 25 heavy (non-hydrogen) atoms.